The maximum absolute atomic E-state index is 12.6. The highest BCUT2D eigenvalue weighted by Crippen LogP contribution is 2.24. The van der Waals surface area contributed by atoms with Crippen LogP contribution in [0.5, 0.6) is 5.75 Å². The van der Waals surface area contributed by atoms with Crippen LogP contribution in [0.2, 0.25) is 0 Å². The van der Waals surface area contributed by atoms with Crippen molar-refractivity contribution in [3.63, 3.8) is 0 Å². The number of nitro groups is 1. The van der Waals surface area contributed by atoms with Gasteiger partial charge in [0.25, 0.3) is 11.6 Å². The fourth-order valence-electron chi connectivity index (χ4n) is 2.84. The summed E-state index contributed by atoms with van der Waals surface area (Å²) in [4.78, 5) is 24.6. The summed E-state index contributed by atoms with van der Waals surface area (Å²) in [6, 6.07) is 7.78. The fraction of sp³-hybridized carbons (Fsp3) is 0.300. The highest BCUT2D eigenvalue weighted by Gasteiger charge is 2.19. The first-order valence-corrected chi connectivity index (χ1v) is 10.0. The number of carbonyl (C=O) groups excluding carboxylic acids is 1. The molecular formula is C20H21BrN4O5. The third-order valence-corrected chi connectivity index (χ3v) is 5.13. The molecule has 1 aromatic carbocycles. The maximum atomic E-state index is 12.6. The first-order chi connectivity index (χ1) is 14.3. The van der Waals surface area contributed by atoms with E-state index in [2.05, 4.69) is 21.0 Å². The van der Waals surface area contributed by atoms with Crippen LogP contribution in [-0.2, 0) is 19.7 Å². The van der Waals surface area contributed by atoms with Gasteiger partial charge < -0.3 is 14.1 Å². The number of amides is 1. The Hall–Kier alpha value is -3.14. The zero-order valence-corrected chi connectivity index (χ0v) is 18.4. The molecule has 3 rings (SSSR count). The number of ether oxygens (including phenoxy) is 1. The number of nitro benzene ring substituents is 1. The van der Waals surface area contributed by atoms with E-state index in [-0.39, 0.29) is 24.0 Å². The van der Waals surface area contributed by atoms with Crippen molar-refractivity contribution in [1.29, 1.82) is 0 Å². The van der Waals surface area contributed by atoms with Crippen molar-refractivity contribution in [2.75, 3.05) is 7.05 Å². The molecule has 2 aromatic heterocycles. The zero-order chi connectivity index (χ0) is 21.8. The molecule has 158 valence electrons. The Bertz CT molecular complexity index is 1080. The third-order valence-electron chi connectivity index (χ3n) is 4.46. The van der Waals surface area contributed by atoms with Crippen molar-refractivity contribution in [3.8, 4) is 5.75 Å². The van der Waals surface area contributed by atoms with Crippen LogP contribution in [-0.4, -0.2) is 32.6 Å². The minimum Gasteiger partial charge on any atom is -0.486 e. The predicted molar refractivity (Wildman–Crippen MR) is 112 cm³/mol. The Labute approximate surface area is 181 Å². The first-order valence-electron chi connectivity index (χ1n) is 9.22. The number of nitrogens with zero attached hydrogens (tertiary/aromatic N) is 4. The Morgan fingerprint density at radius 3 is 2.77 bits per heavy atom. The van der Waals surface area contributed by atoms with Gasteiger partial charge in [0.2, 0.25) is 0 Å². The van der Waals surface area contributed by atoms with Gasteiger partial charge in [-0.1, -0.05) is 0 Å². The summed E-state index contributed by atoms with van der Waals surface area (Å²) < 4.78 is 13.9. The van der Waals surface area contributed by atoms with Crippen molar-refractivity contribution in [1.82, 2.24) is 14.7 Å². The average molecular weight is 477 g/mol. The molecular weight excluding hydrogens is 456 g/mol. The van der Waals surface area contributed by atoms with E-state index in [1.54, 1.807) is 36.9 Å². The van der Waals surface area contributed by atoms with Gasteiger partial charge in [-0.2, -0.15) is 5.10 Å². The molecule has 30 heavy (non-hydrogen) atoms. The third kappa shape index (κ3) is 4.88. The highest BCUT2D eigenvalue weighted by atomic mass is 79.9. The quantitative estimate of drug-likeness (QED) is 0.354. The summed E-state index contributed by atoms with van der Waals surface area (Å²) in [6.45, 7) is 4.81. The lowest BCUT2D eigenvalue weighted by atomic mass is 10.2. The molecule has 0 atom stereocenters. The van der Waals surface area contributed by atoms with E-state index in [0.717, 1.165) is 16.7 Å². The molecule has 10 heteroatoms. The van der Waals surface area contributed by atoms with Gasteiger partial charge in [-0.3, -0.25) is 19.6 Å². The maximum Gasteiger partial charge on any atom is 0.289 e. The van der Waals surface area contributed by atoms with Crippen LogP contribution in [0, 0.1) is 17.0 Å². The molecule has 0 spiro atoms. The Morgan fingerprint density at radius 2 is 2.13 bits per heavy atom. The monoisotopic (exact) mass is 476 g/mol. The minimum atomic E-state index is -0.439. The van der Waals surface area contributed by atoms with E-state index in [9.17, 15) is 14.9 Å². The van der Waals surface area contributed by atoms with Crippen LogP contribution in [0.15, 0.2) is 45.4 Å². The van der Waals surface area contributed by atoms with Crippen molar-refractivity contribution < 1.29 is 18.9 Å². The highest BCUT2D eigenvalue weighted by molar-refractivity contribution is 9.10. The second-order valence-corrected chi connectivity index (χ2v) is 7.56. The molecule has 0 saturated carbocycles. The normalized spacial score (nSPS) is 10.8. The number of aryl methyl sites for hydroxylation is 2. The van der Waals surface area contributed by atoms with Crippen molar-refractivity contribution in [2.45, 2.75) is 33.5 Å². The summed E-state index contributed by atoms with van der Waals surface area (Å²) in [6.07, 6.45) is 1.87. The van der Waals surface area contributed by atoms with E-state index in [0.29, 0.717) is 23.6 Å². The summed E-state index contributed by atoms with van der Waals surface area (Å²) in [7, 11) is 1.68. The summed E-state index contributed by atoms with van der Waals surface area (Å²) in [5, 5.41) is 15.3. The molecule has 0 radical (unpaired) electrons. The van der Waals surface area contributed by atoms with Crippen molar-refractivity contribution >= 4 is 27.5 Å². The molecule has 0 N–H and O–H groups in total. The van der Waals surface area contributed by atoms with E-state index in [1.807, 2.05) is 13.1 Å². The van der Waals surface area contributed by atoms with E-state index < -0.39 is 4.92 Å². The largest absolute Gasteiger partial charge is 0.486 e. The Balaban J connectivity index is 1.61. The summed E-state index contributed by atoms with van der Waals surface area (Å²) >= 11 is 3.46. The van der Waals surface area contributed by atoms with Crippen molar-refractivity contribution in [3.05, 3.63) is 73.9 Å². The fourth-order valence-corrected chi connectivity index (χ4v) is 3.28. The lowest BCUT2D eigenvalue weighted by Crippen LogP contribution is -2.26. The number of furan rings is 1. The molecule has 0 saturated heterocycles. The second kappa shape index (κ2) is 9.12. The molecule has 0 fully saturated rings. The SMILES string of the molecule is CCn1cc(Br)c(CN(C)C(=O)c2ccc(COc3ccc([N+](=O)[O-])c(C)c3)o2)n1. The van der Waals surface area contributed by atoms with Gasteiger partial charge in [0.1, 0.15) is 18.1 Å². The van der Waals surface area contributed by atoms with E-state index in [1.165, 1.54) is 17.0 Å². The molecule has 9 nitrogen and oxygen atoms in total. The van der Waals surface area contributed by atoms with Crippen LogP contribution in [0.25, 0.3) is 0 Å². The van der Waals surface area contributed by atoms with Gasteiger partial charge in [0, 0.05) is 31.4 Å². The standard InChI is InChI=1S/C20H21BrN4O5/c1-4-24-10-16(21)17(22-24)11-23(3)20(26)19-8-6-15(30-19)12-29-14-5-7-18(25(27)28)13(2)9-14/h5-10H,4,11-12H2,1-3H3. The molecule has 0 aliphatic rings. The molecule has 0 aliphatic carbocycles. The zero-order valence-electron chi connectivity index (χ0n) is 16.8. The van der Waals surface area contributed by atoms with Gasteiger partial charge in [0.15, 0.2) is 5.76 Å². The lowest BCUT2D eigenvalue weighted by Gasteiger charge is -2.14. The van der Waals surface area contributed by atoms with E-state index >= 15 is 0 Å². The van der Waals surface area contributed by atoms with Gasteiger partial charge in [-0.15, -0.1) is 0 Å². The number of rotatable bonds is 8. The van der Waals surface area contributed by atoms with Crippen LogP contribution in [0.3, 0.4) is 0 Å². The van der Waals surface area contributed by atoms with E-state index in [4.69, 9.17) is 9.15 Å². The summed E-state index contributed by atoms with van der Waals surface area (Å²) in [5.41, 5.74) is 1.30. The first kappa shape index (κ1) is 21.6. The number of aromatic nitrogens is 2. The van der Waals surface area contributed by atoms with Crippen LogP contribution >= 0.6 is 15.9 Å². The molecule has 0 unspecified atom stereocenters. The van der Waals surface area contributed by atoms with Gasteiger partial charge in [-0.25, -0.2) is 0 Å². The minimum absolute atomic E-state index is 0.0340. The van der Waals surface area contributed by atoms with Crippen molar-refractivity contribution in [2.24, 2.45) is 0 Å². The summed E-state index contributed by atoms with van der Waals surface area (Å²) in [5.74, 6) is 0.877. The Kier molecular flexibility index (Phi) is 6.56. The lowest BCUT2D eigenvalue weighted by molar-refractivity contribution is -0.385. The predicted octanol–water partition coefficient (Wildman–Crippen LogP) is 4.33. The number of hydrogen-bond donors (Lipinski definition) is 0. The van der Waals surface area contributed by atoms with Gasteiger partial charge >= 0.3 is 0 Å². The molecule has 3 aromatic rings. The van der Waals surface area contributed by atoms with Gasteiger partial charge in [0.05, 0.1) is 21.6 Å². The second-order valence-electron chi connectivity index (χ2n) is 6.70. The molecule has 2 heterocycles. The average Bonchev–Trinajstić information content (AvgIpc) is 3.32. The van der Waals surface area contributed by atoms with Crippen LogP contribution < -0.4 is 4.74 Å². The van der Waals surface area contributed by atoms with Crippen LogP contribution in [0.1, 0.15) is 34.5 Å². The smallest absolute Gasteiger partial charge is 0.289 e. The topological polar surface area (TPSA) is 104 Å². The Morgan fingerprint density at radius 1 is 1.37 bits per heavy atom. The number of benzene rings is 1. The number of halogens is 1. The number of hydrogen-bond acceptors (Lipinski definition) is 6. The molecule has 1 amide bonds. The van der Waals surface area contributed by atoms with Crippen LogP contribution in [0.4, 0.5) is 5.69 Å². The molecule has 0 aliphatic heterocycles. The van der Waals surface area contributed by atoms with Gasteiger partial charge in [-0.05, 0) is 54.0 Å². The molecule has 0 bridgehead atoms. The number of carbonyl (C=O) groups is 1.